The van der Waals surface area contributed by atoms with Gasteiger partial charge in [-0.2, -0.15) is 29.9 Å². The Hall–Kier alpha value is -3.18. The van der Waals surface area contributed by atoms with Crippen molar-refractivity contribution in [3.05, 3.63) is 0 Å². The SMILES string of the molecule is CCCCNc1nc(N(CCCC)CCCC)nc(N(CCCC)CCCC)n1.CCCCNc1nc(NCCCC)nc(N(CCCC)CCCC)n1. The van der Waals surface area contributed by atoms with E-state index in [4.69, 9.17) is 24.9 Å². The highest BCUT2D eigenvalue weighted by atomic mass is 15.4. The van der Waals surface area contributed by atoms with E-state index >= 15 is 0 Å². The van der Waals surface area contributed by atoms with Gasteiger partial charge in [-0.3, -0.25) is 0 Å². The number of anilines is 6. The van der Waals surface area contributed by atoms with Crippen LogP contribution in [-0.4, -0.2) is 88.8 Å². The van der Waals surface area contributed by atoms with Gasteiger partial charge in [-0.05, 0) is 57.8 Å². The molecule has 0 aliphatic carbocycles. The highest BCUT2D eigenvalue weighted by Crippen LogP contribution is 2.20. The van der Waals surface area contributed by atoms with Crippen LogP contribution in [0.25, 0.3) is 0 Å². The maximum atomic E-state index is 4.96. The standard InChI is InChI=1S/C23H46N6.C19H38N6/c1-6-11-16-24-21-25-22(28(17-12-7-2)18-13-8-3)27-23(26-21)29(19-14-9-4)20-15-10-5;1-5-9-13-20-17-22-18(21-14-10-6-2)24-19(23-17)25(15-11-7-3)16-12-8-4/h6-20H2,1-5H3,(H,24,25,26,27);5-16H2,1-4H3,(H2,20,21,22,23,24). The molecule has 0 aliphatic rings. The number of unbranched alkanes of at least 4 members (excludes halogenated alkanes) is 9. The average Bonchev–Trinajstić information content (AvgIpc) is 3.18. The van der Waals surface area contributed by atoms with Crippen molar-refractivity contribution in [2.24, 2.45) is 0 Å². The third kappa shape index (κ3) is 21.6. The molecule has 0 bridgehead atoms. The quantitative estimate of drug-likeness (QED) is 0.0601. The van der Waals surface area contributed by atoms with Crippen LogP contribution in [0.5, 0.6) is 0 Å². The van der Waals surface area contributed by atoms with E-state index in [9.17, 15) is 0 Å². The van der Waals surface area contributed by atoms with Crippen molar-refractivity contribution >= 4 is 35.7 Å². The van der Waals surface area contributed by atoms with E-state index in [0.717, 1.165) is 134 Å². The van der Waals surface area contributed by atoms with Crippen molar-refractivity contribution in [2.45, 2.75) is 178 Å². The van der Waals surface area contributed by atoms with Crippen LogP contribution < -0.4 is 30.7 Å². The first-order chi connectivity index (χ1) is 26.4. The minimum atomic E-state index is 0.690. The smallest absolute Gasteiger partial charge is 0.231 e. The number of nitrogens with one attached hydrogen (secondary N) is 3. The topological polar surface area (TPSA) is 123 Å². The van der Waals surface area contributed by atoms with E-state index in [1.165, 1.54) is 64.2 Å². The first-order valence-corrected chi connectivity index (χ1v) is 22.4. The normalized spacial score (nSPS) is 10.8. The van der Waals surface area contributed by atoms with Gasteiger partial charge in [-0.25, -0.2) is 0 Å². The maximum absolute atomic E-state index is 4.96. The first-order valence-electron chi connectivity index (χ1n) is 22.4. The third-order valence-electron chi connectivity index (χ3n) is 9.21. The molecule has 0 saturated heterocycles. The van der Waals surface area contributed by atoms with Gasteiger partial charge in [0.2, 0.25) is 35.7 Å². The van der Waals surface area contributed by atoms with Gasteiger partial charge in [0.15, 0.2) is 0 Å². The van der Waals surface area contributed by atoms with E-state index in [-0.39, 0.29) is 0 Å². The molecule has 3 N–H and O–H groups in total. The fourth-order valence-electron chi connectivity index (χ4n) is 5.54. The van der Waals surface area contributed by atoms with Crippen molar-refractivity contribution in [2.75, 3.05) is 89.6 Å². The summed E-state index contributed by atoms with van der Waals surface area (Å²) in [6.07, 6.45) is 20.9. The van der Waals surface area contributed by atoms with Crippen molar-refractivity contribution in [1.82, 2.24) is 29.9 Å². The van der Waals surface area contributed by atoms with E-state index in [2.05, 4.69) is 97.9 Å². The van der Waals surface area contributed by atoms with Crippen LogP contribution in [0.2, 0.25) is 0 Å². The van der Waals surface area contributed by atoms with Crippen LogP contribution in [0.3, 0.4) is 0 Å². The summed E-state index contributed by atoms with van der Waals surface area (Å²) >= 11 is 0. The minimum absolute atomic E-state index is 0.690. The molecular formula is C42H84N12. The van der Waals surface area contributed by atoms with Crippen LogP contribution in [-0.2, 0) is 0 Å². The van der Waals surface area contributed by atoms with E-state index < -0.39 is 0 Å². The molecule has 0 saturated carbocycles. The number of nitrogens with zero attached hydrogens (tertiary/aromatic N) is 9. The molecule has 0 fully saturated rings. The van der Waals surface area contributed by atoms with Gasteiger partial charge < -0.3 is 30.7 Å². The van der Waals surface area contributed by atoms with Crippen molar-refractivity contribution in [3.63, 3.8) is 0 Å². The summed E-state index contributed by atoms with van der Waals surface area (Å²) in [5, 5.41) is 10.2. The summed E-state index contributed by atoms with van der Waals surface area (Å²) in [6, 6.07) is 0. The molecule has 0 aliphatic heterocycles. The first kappa shape index (κ1) is 48.8. The molecule has 2 aromatic heterocycles. The molecule has 2 aromatic rings. The molecule has 54 heavy (non-hydrogen) atoms. The lowest BCUT2D eigenvalue weighted by atomic mass is 10.2. The van der Waals surface area contributed by atoms with Gasteiger partial charge in [0.25, 0.3) is 0 Å². The van der Waals surface area contributed by atoms with Gasteiger partial charge in [-0.1, -0.05) is 120 Å². The Morgan fingerprint density at radius 2 is 0.519 bits per heavy atom. The van der Waals surface area contributed by atoms with Crippen LogP contribution in [0.1, 0.15) is 178 Å². The summed E-state index contributed by atoms with van der Waals surface area (Å²) in [5.74, 6) is 4.60. The lowest BCUT2D eigenvalue weighted by molar-refractivity contribution is 0.645. The molecule has 12 nitrogen and oxygen atoms in total. The molecule has 312 valence electrons. The Morgan fingerprint density at radius 1 is 0.296 bits per heavy atom. The van der Waals surface area contributed by atoms with Crippen molar-refractivity contribution in [3.8, 4) is 0 Å². The number of rotatable bonds is 33. The van der Waals surface area contributed by atoms with Crippen LogP contribution in [0, 0.1) is 0 Å². The highest BCUT2D eigenvalue weighted by Gasteiger charge is 2.17. The Balaban J connectivity index is 0.000000546. The lowest BCUT2D eigenvalue weighted by Crippen LogP contribution is -2.32. The second kappa shape index (κ2) is 33.2. The van der Waals surface area contributed by atoms with Crippen LogP contribution in [0.15, 0.2) is 0 Å². The van der Waals surface area contributed by atoms with Gasteiger partial charge in [0.1, 0.15) is 0 Å². The van der Waals surface area contributed by atoms with E-state index in [1.807, 2.05) is 0 Å². The van der Waals surface area contributed by atoms with Gasteiger partial charge in [0, 0.05) is 58.9 Å². The monoisotopic (exact) mass is 757 g/mol. The van der Waals surface area contributed by atoms with Crippen molar-refractivity contribution in [1.29, 1.82) is 0 Å². The molecule has 0 atom stereocenters. The second-order valence-electron chi connectivity index (χ2n) is 14.5. The molecule has 0 spiro atoms. The number of hydrogen-bond acceptors (Lipinski definition) is 12. The zero-order valence-corrected chi connectivity index (χ0v) is 36.6. The number of hydrogen-bond donors (Lipinski definition) is 3. The Kier molecular flexibility index (Phi) is 30.0. The highest BCUT2D eigenvalue weighted by molar-refractivity contribution is 5.46. The van der Waals surface area contributed by atoms with Crippen molar-refractivity contribution < 1.29 is 0 Å². The van der Waals surface area contributed by atoms with E-state index in [1.54, 1.807) is 0 Å². The van der Waals surface area contributed by atoms with Crippen LogP contribution in [0.4, 0.5) is 35.7 Å². The molecule has 12 heteroatoms. The fourth-order valence-corrected chi connectivity index (χ4v) is 5.54. The van der Waals surface area contributed by atoms with Crippen LogP contribution >= 0.6 is 0 Å². The summed E-state index contributed by atoms with van der Waals surface area (Å²) in [4.78, 5) is 35.6. The second-order valence-corrected chi connectivity index (χ2v) is 14.5. The van der Waals surface area contributed by atoms with E-state index in [0.29, 0.717) is 11.9 Å². The third-order valence-corrected chi connectivity index (χ3v) is 9.21. The molecule has 0 radical (unpaired) electrons. The summed E-state index contributed by atoms with van der Waals surface area (Å²) in [6.45, 7) is 28.8. The predicted molar refractivity (Wildman–Crippen MR) is 236 cm³/mol. The fraction of sp³-hybridized carbons (Fsp3) is 0.857. The molecule has 2 heterocycles. The summed E-state index contributed by atoms with van der Waals surface area (Å²) in [7, 11) is 0. The number of aromatic nitrogens is 6. The maximum Gasteiger partial charge on any atom is 0.231 e. The zero-order valence-electron chi connectivity index (χ0n) is 36.6. The zero-order chi connectivity index (χ0) is 39.7. The average molecular weight is 757 g/mol. The Morgan fingerprint density at radius 3 is 0.759 bits per heavy atom. The summed E-state index contributed by atoms with van der Waals surface area (Å²) < 4.78 is 0. The summed E-state index contributed by atoms with van der Waals surface area (Å²) in [5.41, 5.74) is 0. The van der Waals surface area contributed by atoms with Gasteiger partial charge >= 0.3 is 0 Å². The molecular weight excluding hydrogens is 673 g/mol. The lowest BCUT2D eigenvalue weighted by Gasteiger charge is -2.26. The van der Waals surface area contributed by atoms with Gasteiger partial charge in [0.05, 0.1) is 0 Å². The minimum Gasteiger partial charge on any atom is -0.354 e. The molecule has 0 unspecified atom stereocenters. The Bertz CT molecular complexity index is 1060. The van der Waals surface area contributed by atoms with Gasteiger partial charge in [-0.15, -0.1) is 0 Å². The largest absolute Gasteiger partial charge is 0.354 e. The molecule has 0 aromatic carbocycles. The Labute approximate surface area is 332 Å². The molecule has 0 amide bonds. The predicted octanol–water partition coefficient (Wildman–Crippen LogP) is 10.6. The molecule has 2 rings (SSSR count).